The van der Waals surface area contributed by atoms with Crippen molar-refractivity contribution in [2.75, 3.05) is 5.32 Å². The average Bonchev–Trinajstić information content (AvgIpc) is 3.12. The average molecular weight is 388 g/mol. The Morgan fingerprint density at radius 3 is 2.54 bits per heavy atom. The second kappa shape index (κ2) is 7.28. The monoisotopic (exact) mass is 388 g/mol. The van der Waals surface area contributed by atoms with Crippen LogP contribution in [-0.2, 0) is 16.6 Å². The fraction of sp³-hybridized carbons (Fsp3) is 0.0556. The molecule has 0 amide bonds. The second-order valence-corrected chi connectivity index (χ2v) is 7.90. The third kappa shape index (κ3) is 3.93. The summed E-state index contributed by atoms with van der Waals surface area (Å²) < 4.78 is 24.0. The topological polar surface area (TPSA) is 109 Å². The van der Waals surface area contributed by atoms with E-state index in [0.717, 1.165) is 17.3 Å². The molecule has 2 aromatic carbocycles. The zero-order valence-corrected chi connectivity index (χ0v) is 15.2. The molecule has 3 aromatic rings. The predicted molar refractivity (Wildman–Crippen MR) is 102 cm³/mol. The molecule has 8 heteroatoms. The molecule has 3 rings (SSSR count). The fourth-order valence-electron chi connectivity index (χ4n) is 2.58. The number of hydrogen-bond donors (Lipinski definition) is 3. The van der Waals surface area contributed by atoms with Gasteiger partial charge in [0.15, 0.2) is 0 Å². The molecular weight excluding hydrogens is 372 g/mol. The van der Waals surface area contributed by atoms with Crippen LogP contribution in [0.4, 0.5) is 5.69 Å². The first-order valence-corrected chi connectivity index (χ1v) is 10.1. The van der Waals surface area contributed by atoms with Crippen molar-refractivity contribution in [1.82, 2.24) is 0 Å². The quantitative estimate of drug-likeness (QED) is 0.600. The summed E-state index contributed by atoms with van der Waals surface area (Å²) in [6.45, 7) is 0.582. The number of anilines is 1. The van der Waals surface area contributed by atoms with Crippen molar-refractivity contribution in [3.05, 3.63) is 70.4 Å². The summed E-state index contributed by atoms with van der Waals surface area (Å²) >= 11 is 1.59. The van der Waals surface area contributed by atoms with Crippen LogP contribution < -0.4 is 10.5 Å². The van der Waals surface area contributed by atoms with E-state index in [1.165, 1.54) is 12.1 Å². The maximum absolute atomic E-state index is 12.0. The van der Waals surface area contributed by atoms with Crippen molar-refractivity contribution >= 4 is 33.0 Å². The molecule has 0 atom stereocenters. The molecule has 26 heavy (non-hydrogen) atoms. The van der Waals surface area contributed by atoms with Crippen molar-refractivity contribution in [2.45, 2.75) is 11.4 Å². The third-order valence-corrected chi connectivity index (χ3v) is 5.50. The van der Waals surface area contributed by atoms with Crippen LogP contribution in [-0.4, -0.2) is 19.5 Å². The molecule has 0 bridgehead atoms. The zero-order valence-electron chi connectivity index (χ0n) is 13.5. The summed E-state index contributed by atoms with van der Waals surface area (Å²) in [5.41, 5.74) is 2.68. The van der Waals surface area contributed by atoms with E-state index in [-0.39, 0.29) is 10.5 Å². The van der Waals surface area contributed by atoms with E-state index in [1.807, 2.05) is 29.0 Å². The minimum Gasteiger partial charge on any atom is -0.478 e. The van der Waals surface area contributed by atoms with Gasteiger partial charge in [0.1, 0.15) is 0 Å². The van der Waals surface area contributed by atoms with Gasteiger partial charge in [-0.1, -0.05) is 24.3 Å². The van der Waals surface area contributed by atoms with Crippen LogP contribution in [0.3, 0.4) is 0 Å². The minimum absolute atomic E-state index is 0.138. The minimum atomic E-state index is -4.10. The van der Waals surface area contributed by atoms with Gasteiger partial charge in [-0.15, -0.1) is 0 Å². The molecule has 1 heterocycles. The molecule has 0 aliphatic carbocycles. The molecule has 4 N–H and O–H groups in total. The molecule has 134 valence electrons. The summed E-state index contributed by atoms with van der Waals surface area (Å²) in [5, 5.41) is 21.7. The maximum Gasteiger partial charge on any atom is 0.335 e. The highest BCUT2D eigenvalue weighted by Gasteiger charge is 2.19. The number of sulfonamides is 1. The summed E-state index contributed by atoms with van der Waals surface area (Å²) in [6, 6.07) is 13.1. The van der Waals surface area contributed by atoms with Crippen molar-refractivity contribution in [1.29, 1.82) is 0 Å². The first kappa shape index (κ1) is 18.1. The van der Waals surface area contributed by atoms with Gasteiger partial charge in [-0.2, -0.15) is 11.3 Å². The van der Waals surface area contributed by atoms with Gasteiger partial charge in [0, 0.05) is 23.4 Å². The number of para-hydroxylation sites is 1. The number of nitrogens with two attached hydrogens (primary N) is 1. The number of nitrogens with one attached hydrogen (secondary N) is 1. The number of thiophene rings is 1. The number of primary sulfonamides is 1. The SMILES string of the molecule is NS(=O)(=O)c1cc(C(=O)O)ccc1-c1ccccc1NCc1ccsc1. The molecule has 0 aliphatic rings. The van der Waals surface area contributed by atoms with E-state index in [4.69, 9.17) is 10.2 Å². The number of aromatic carboxylic acids is 1. The van der Waals surface area contributed by atoms with Crippen LogP contribution in [0, 0.1) is 0 Å². The van der Waals surface area contributed by atoms with Crippen LogP contribution >= 0.6 is 11.3 Å². The number of carboxylic acids is 1. The summed E-state index contributed by atoms with van der Waals surface area (Å²) in [6.07, 6.45) is 0. The molecule has 0 radical (unpaired) electrons. The van der Waals surface area contributed by atoms with Gasteiger partial charge >= 0.3 is 5.97 Å². The summed E-state index contributed by atoms with van der Waals surface area (Å²) in [5.74, 6) is -1.22. The molecule has 0 spiro atoms. The van der Waals surface area contributed by atoms with Crippen LogP contribution in [0.15, 0.2) is 64.2 Å². The van der Waals surface area contributed by atoms with E-state index < -0.39 is 16.0 Å². The van der Waals surface area contributed by atoms with Gasteiger partial charge < -0.3 is 10.4 Å². The van der Waals surface area contributed by atoms with Crippen LogP contribution in [0.2, 0.25) is 0 Å². The van der Waals surface area contributed by atoms with E-state index >= 15 is 0 Å². The highest BCUT2D eigenvalue weighted by Crippen LogP contribution is 2.33. The van der Waals surface area contributed by atoms with Crippen LogP contribution in [0.25, 0.3) is 11.1 Å². The normalized spacial score (nSPS) is 11.3. The molecule has 1 aromatic heterocycles. The molecule has 0 aliphatic heterocycles. The van der Waals surface area contributed by atoms with E-state index in [0.29, 0.717) is 17.7 Å². The van der Waals surface area contributed by atoms with Gasteiger partial charge in [0.2, 0.25) is 10.0 Å². The highest BCUT2D eigenvalue weighted by atomic mass is 32.2. The number of hydrogen-bond acceptors (Lipinski definition) is 5. The number of rotatable bonds is 6. The zero-order chi connectivity index (χ0) is 18.7. The molecule has 0 saturated heterocycles. The number of benzene rings is 2. The van der Waals surface area contributed by atoms with Gasteiger partial charge in [-0.3, -0.25) is 0 Å². The maximum atomic E-state index is 12.0. The van der Waals surface area contributed by atoms with Crippen molar-refractivity contribution in [3.8, 4) is 11.1 Å². The first-order valence-electron chi connectivity index (χ1n) is 7.61. The van der Waals surface area contributed by atoms with Gasteiger partial charge in [0.05, 0.1) is 10.5 Å². The van der Waals surface area contributed by atoms with Crippen LogP contribution in [0.5, 0.6) is 0 Å². The lowest BCUT2D eigenvalue weighted by molar-refractivity contribution is 0.0696. The number of carboxylic acid groups (broad SMARTS) is 1. The lowest BCUT2D eigenvalue weighted by Crippen LogP contribution is -2.15. The Labute approximate surface area is 155 Å². The number of carbonyl (C=O) groups is 1. The molecular formula is C18H16N2O4S2. The largest absolute Gasteiger partial charge is 0.478 e. The van der Waals surface area contributed by atoms with Crippen LogP contribution in [0.1, 0.15) is 15.9 Å². The van der Waals surface area contributed by atoms with Gasteiger partial charge in [-0.05, 0) is 40.6 Å². The van der Waals surface area contributed by atoms with E-state index in [2.05, 4.69) is 5.32 Å². The lowest BCUT2D eigenvalue weighted by Gasteiger charge is -2.15. The van der Waals surface area contributed by atoms with Gasteiger partial charge in [-0.25, -0.2) is 18.4 Å². The highest BCUT2D eigenvalue weighted by molar-refractivity contribution is 7.89. The second-order valence-electron chi connectivity index (χ2n) is 5.59. The Morgan fingerprint density at radius 1 is 1.12 bits per heavy atom. The van der Waals surface area contributed by atoms with Crippen molar-refractivity contribution < 1.29 is 18.3 Å². The Morgan fingerprint density at radius 2 is 1.88 bits per heavy atom. The Balaban J connectivity index is 2.07. The van der Waals surface area contributed by atoms with Gasteiger partial charge in [0.25, 0.3) is 0 Å². The van der Waals surface area contributed by atoms with Crippen molar-refractivity contribution in [2.24, 2.45) is 5.14 Å². The predicted octanol–water partition coefficient (Wildman–Crippen LogP) is 3.37. The molecule has 0 fully saturated rings. The Kier molecular flexibility index (Phi) is 5.08. The third-order valence-electron chi connectivity index (χ3n) is 3.82. The standard InChI is InChI=1S/C18H16N2O4S2/c19-26(23,24)17-9-13(18(21)22)5-6-15(17)14-3-1-2-4-16(14)20-10-12-7-8-25-11-12/h1-9,11,20H,10H2,(H,21,22)(H2,19,23,24). The Bertz CT molecular complexity index is 1040. The summed E-state index contributed by atoms with van der Waals surface area (Å²) in [4.78, 5) is 11.0. The fourth-order valence-corrected chi connectivity index (χ4v) is 4.02. The molecule has 0 saturated carbocycles. The van der Waals surface area contributed by atoms with E-state index in [1.54, 1.807) is 23.5 Å². The lowest BCUT2D eigenvalue weighted by atomic mass is 10.0. The Hall–Kier alpha value is -2.68. The molecule has 6 nitrogen and oxygen atoms in total. The first-order chi connectivity index (χ1) is 12.4. The smallest absolute Gasteiger partial charge is 0.335 e. The summed E-state index contributed by atoms with van der Waals surface area (Å²) in [7, 11) is -4.10. The van der Waals surface area contributed by atoms with E-state index in [9.17, 15) is 13.2 Å². The molecule has 0 unspecified atom stereocenters. The van der Waals surface area contributed by atoms with Crippen molar-refractivity contribution in [3.63, 3.8) is 0 Å².